The highest BCUT2D eigenvalue weighted by molar-refractivity contribution is 9.10. The van der Waals surface area contributed by atoms with Gasteiger partial charge in [-0.3, -0.25) is 4.79 Å². The van der Waals surface area contributed by atoms with Gasteiger partial charge in [-0.1, -0.05) is 48.3 Å². The summed E-state index contributed by atoms with van der Waals surface area (Å²) in [6.45, 7) is 8.88. The molecule has 5 atom stereocenters. The Balaban J connectivity index is 1.84. The molecule has 1 saturated carbocycles. The average Bonchev–Trinajstić information content (AvgIpc) is 2.56. The van der Waals surface area contributed by atoms with E-state index in [1.807, 2.05) is 0 Å². The summed E-state index contributed by atoms with van der Waals surface area (Å²) in [6, 6.07) is 8.52. The van der Waals surface area contributed by atoms with Crippen molar-refractivity contribution in [3.63, 3.8) is 0 Å². The first-order chi connectivity index (χ1) is 12.7. The van der Waals surface area contributed by atoms with Crippen molar-refractivity contribution in [1.82, 2.24) is 5.32 Å². The van der Waals surface area contributed by atoms with E-state index < -0.39 is 0 Å². The Kier molecular flexibility index (Phi) is 6.37. The van der Waals surface area contributed by atoms with Gasteiger partial charge in [-0.2, -0.15) is 0 Å². The van der Waals surface area contributed by atoms with Crippen LogP contribution in [0.3, 0.4) is 0 Å². The quantitative estimate of drug-likeness (QED) is 0.648. The van der Waals surface area contributed by atoms with Crippen LogP contribution in [0.25, 0.3) is 0 Å². The van der Waals surface area contributed by atoms with Gasteiger partial charge in [0.2, 0.25) is 5.91 Å². The van der Waals surface area contributed by atoms with Crippen LogP contribution in [0.5, 0.6) is 0 Å². The molecule has 1 aromatic carbocycles. The fourth-order valence-electron chi connectivity index (χ4n) is 5.39. The second kappa shape index (κ2) is 8.24. The van der Waals surface area contributed by atoms with E-state index in [0.717, 1.165) is 36.6 Å². The highest BCUT2D eigenvalue weighted by Gasteiger charge is 2.52. The fourth-order valence-corrected chi connectivity index (χ4v) is 5.65. The fraction of sp³-hybridized carbons (Fsp3) is 0.696. The Bertz CT molecular complexity index is 661. The van der Waals surface area contributed by atoms with Crippen LogP contribution in [0.15, 0.2) is 28.7 Å². The van der Waals surface area contributed by atoms with E-state index in [1.54, 1.807) is 0 Å². The van der Waals surface area contributed by atoms with E-state index in [2.05, 4.69) is 73.2 Å². The Labute approximate surface area is 172 Å². The van der Waals surface area contributed by atoms with Crippen molar-refractivity contribution in [2.75, 3.05) is 0 Å². The van der Waals surface area contributed by atoms with Crippen LogP contribution >= 0.6 is 15.9 Å². The molecule has 1 N–H and O–H groups in total. The van der Waals surface area contributed by atoms with E-state index in [9.17, 15) is 4.79 Å². The first-order valence-electron chi connectivity index (χ1n) is 10.5. The second-order valence-electron chi connectivity index (χ2n) is 9.33. The highest BCUT2D eigenvalue weighted by atomic mass is 79.9. The summed E-state index contributed by atoms with van der Waals surface area (Å²) < 4.78 is 7.85. The molecule has 4 heteroatoms. The Morgan fingerprint density at radius 1 is 1.26 bits per heavy atom. The van der Waals surface area contributed by atoms with Crippen molar-refractivity contribution in [1.29, 1.82) is 0 Å². The number of carbonyl (C=O) groups excluding carboxylic acids is 1. The number of amides is 1. The molecular weight excluding hydrogens is 402 g/mol. The lowest BCUT2D eigenvalue weighted by Crippen LogP contribution is -2.65. The van der Waals surface area contributed by atoms with Crippen molar-refractivity contribution in [2.45, 2.75) is 89.9 Å². The number of hydrogen-bond acceptors (Lipinski definition) is 2. The maximum absolute atomic E-state index is 12.5. The van der Waals surface area contributed by atoms with Gasteiger partial charge in [0.15, 0.2) is 0 Å². The molecule has 27 heavy (non-hydrogen) atoms. The van der Waals surface area contributed by atoms with E-state index in [1.165, 1.54) is 12.0 Å². The van der Waals surface area contributed by atoms with Crippen LogP contribution in [0.2, 0.25) is 0 Å². The molecule has 0 spiro atoms. The zero-order chi connectivity index (χ0) is 19.7. The third-order valence-electron chi connectivity index (χ3n) is 6.44. The summed E-state index contributed by atoms with van der Waals surface area (Å²) in [7, 11) is 0. The van der Waals surface area contributed by atoms with Crippen molar-refractivity contribution >= 4 is 21.8 Å². The topological polar surface area (TPSA) is 38.3 Å². The molecule has 3 nitrogen and oxygen atoms in total. The summed E-state index contributed by atoms with van der Waals surface area (Å²) in [4.78, 5) is 12.5. The summed E-state index contributed by atoms with van der Waals surface area (Å²) in [5, 5.41) is 3.43. The summed E-state index contributed by atoms with van der Waals surface area (Å²) in [6.07, 6.45) is 6.93. The van der Waals surface area contributed by atoms with Gasteiger partial charge in [0.1, 0.15) is 0 Å². The lowest BCUT2D eigenvalue weighted by molar-refractivity contribution is -0.193. The average molecular weight is 436 g/mol. The molecule has 150 valence electrons. The van der Waals surface area contributed by atoms with Gasteiger partial charge in [0.05, 0.1) is 11.7 Å². The Morgan fingerprint density at radius 3 is 2.63 bits per heavy atom. The normalized spacial score (nSPS) is 36.1. The number of carbonyl (C=O) groups is 1. The van der Waals surface area contributed by atoms with Crippen LogP contribution < -0.4 is 5.32 Å². The Hall–Kier alpha value is -0.870. The molecule has 0 radical (unpaired) electrons. The maximum Gasteiger partial charge on any atom is 0.220 e. The van der Waals surface area contributed by atoms with Gasteiger partial charge in [-0.15, -0.1) is 0 Å². The van der Waals surface area contributed by atoms with Crippen molar-refractivity contribution in [3.8, 4) is 0 Å². The van der Waals surface area contributed by atoms with Gasteiger partial charge in [-0.25, -0.2) is 0 Å². The molecule has 3 rings (SSSR count). The largest absolute Gasteiger partial charge is 0.371 e. The molecule has 1 aliphatic carbocycles. The number of benzene rings is 1. The van der Waals surface area contributed by atoms with Gasteiger partial charge < -0.3 is 10.1 Å². The van der Waals surface area contributed by atoms with Crippen LogP contribution in [0, 0.1) is 11.8 Å². The SMILES string of the molecule is CCCC(=O)N[C@]1(C)C[C@](C)(Cc2ccc(Br)cc2)O[C@@H]2C[C@H](C)CC[C@H]21. The number of fused-ring (bicyclic) bond motifs is 1. The van der Waals surface area contributed by atoms with Crippen molar-refractivity contribution in [3.05, 3.63) is 34.3 Å². The minimum absolute atomic E-state index is 0.185. The smallest absolute Gasteiger partial charge is 0.220 e. The highest BCUT2D eigenvalue weighted by Crippen LogP contribution is 2.48. The van der Waals surface area contributed by atoms with Crippen LogP contribution in [0.4, 0.5) is 0 Å². The van der Waals surface area contributed by atoms with Crippen LogP contribution in [0.1, 0.15) is 71.8 Å². The first kappa shape index (κ1) is 20.9. The monoisotopic (exact) mass is 435 g/mol. The maximum atomic E-state index is 12.5. The molecule has 2 fully saturated rings. The molecular formula is C23H34BrNO2. The standard InChI is InChI=1S/C23H34BrNO2/c1-5-6-21(26)25-23(4)15-22(3,14-17-8-10-18(24)11-9-17)27-20-13-16(2)7-12-19(20)23/h8-11,16,19-20H,5-7,12-15H2,1-4H3,(H,25,26)/t16-,19-,20-,22+,23-/m1/s1. The third-order valence-corrected chi connectivity index (χ3v) is 6.97. The van der Waals surface area contributed by atoms with Gasteiger partial charge >= 0.3 is 0 Å². The number of halogens is 1. The van der Waals surface area contributed by atoms with E-state index in [-0.39, 0.29) is 23.2 Å². The second-order valence-corrected chi connectivity index (χ2v) is 10.2. The minimum atomic E-state index is -0.264. The Morgan fingerprint density at radius 2 is 1.96 bits per heavy atom. The van der Waals surface area contributed by atoms with Crippen LogP contribution in [-0.2, 0) is 16.0 Å². The van der Waals surface area contributed by atoms with Gasteiger partial charge in [0.25, 0.3) is 0 Å². The van der Waals surface area contributed by atoms with E-state index in [4.69, 9.17) is 4.74 Å². The predicted molar refractivity (Wildman–Crippen MR) is 114 cm³/mol. The summed E-state index contributed by atoms with van der Waals surface area (Å²) in [5.74, 6) is 1.29. The first-order valence-corrected chi connectivity index (χ1v) is 11.3. The number of hydrogen-bond donors (Lipinski definition) is 1. The molecule has 0 bridgehead atoms. The molecule has 1 heterocycles. The van der Waals surface area contributed by atoms with Crippen molar-refractivity contribution < 1.29 is 9.53 Å². The molecule has 1 amide bonds. The third kappa shape index (κ3) is 4.95. The zero-order valence-electron chi connectivity index (χ0n) is 17.2. The number of rotatable bonds is 5. The number of ether oxygens (including phenoxy) is 1. The lowest BCUT2D eigenvalue weighted by Gasteiger charge is -2.56. The van der Waals surface area contributed by atoms with E-state index >= 15 is 0 Å². The minimum Gasteiger partial charge on any atom is -0.371 e. The van der Waals surface area contributed by atoms with Crippen molar-refractivity contribution in [2.24, 2.45) is 11.8 Å². The predicted octanol–water partition coefficient (Wildman–Crippen LogP) is 5.65. The molecule has 2 aliphatic rings. The molecule has 0 unspecified atom stereocenters. The molecule has 1 saturated heterocycles. The number of nitrogens with one attached hydrogen (secondary N) is 1. The van der Waals surface area contributed by atoms with Gasteiger partial charge in [-0.05, 0) is 63.1 Å². The molecule has 1 aliphatic heterocycles. The van der Waals surface area contributed by atoms with Crippen LogP contribution in [-0.4, -0.2) is 23.2 Å². The lowest BCUT2D eigenvalue weighted by atomic mass is 9.64. The van der Waals surface area contributed by atoms with E-state index in [0.29, 0.717) is 18.3 Å². The molecule has 0 aromatic heterocycles. The summed E-state index contributed by atoms with van der Waals surface area (Å²) in [5.41, 5.74) is 0.824. The zero-order valence-corrected chi connectivity index (χ0v) is 18.8. The molecule has 1 aromatic rings. The summed E-state index contributed by atoms with van der Waals surface area (Å²) >= 11 is 3.52. The van der Waals surface area contributed by atoms with Gasteiger partial charge in [0, 0.05) is 28.8 Å².